The maximum atomic E-state index is 11.1. The fraction of sp³-hybridized carbons (Fsp3) is 0.417. The van der Waals surface area contributed by atoms with E-state index in [-0.39, 0.29) is 12.1 Å². The second-order valence-electron chi connectivity index (χ2n) is 3.75. The molecule has 92 valence electrons. The standard InChI is InChI=1S/C12H13BrO4/c1-15-10-5-7(8(13)6-11(10)16-2)9-3-4-12(14)17-9/h5-6,9H,3-4H2,1-2H3. The number of halogens is 1. The first-order chi connectivity index (χ1) is 8.15. The molecule has 0 aliphatic carbocycles. The molecule has 0 spiro atoms. The third kappa shape index (κ3) is 2.39. The van der Waals surface area contributed by atoms with Crippen molar-refractivity contribution in [2.24, 2.45) is 0 Å². The summed E-state index contributed by atoms with van der Waals surface area (Å²) in [5.41, 5.74) is 0.911. The highest BCUT2D eigenvalue weighted by molar-refractivity contribution is 9.10. The van der Waals surface area contributed by atoms with Gasteiger partial charge in [0.05, 0.1) is 14.2 Å². The van der Waals surface area contributed by atoms with E-state index in [1.807, 2.05) is 12.1 Å². The van der Waals surface area contributed by atoms with Crippen LogP contribution in [0.1, 0.15) is 24.5 Å². The molecule has 0 N–H and O–H groups in total. The molecule has 1 fully saturated rings. The summed E-state index contributed by atoms with van der Waals surface area (Å²) in [6.07, 6.45) is 0.968. The Labute approximate surface area is 108 Å². The predicted octanol–water partition coefficient (Wildman–Crippen LogP) is 2.84. The summed E-state index contributed by atoms with van der Waals surface area (Å²) in [7, 11) is 3.16. The average molecular weight is 301 g/mol. The Bertz CT molecular complexity index is 444. The van der Waals surface area contributed by atoms with Crippen LogP contribution in [0.2, 0.25) is 0 Å². The Kier molecular flexibility index (Phi) is 3.57. The number of esters is 1. The second-order valence-corrected chi connectivity index (χ2v) is 4.60. The fourth-order valence-electron chi connectivity index (χ4n) is 1.86. The van der Waals surface area contributed by atoms with Gasteiger partial charge in [0.15, 0.2) is 11.5 Å². The monoisotopic (exact) mass is 300 g/mol. The van der Waals surface area contributed by atoms with Crippen molar-refractivity contribution in [1.82, 2.24) is 0 Å². The van der Waals surface area contributed by atoms with Gasteiger partial charge in [0.1, 0.15) is 6.10 Å². The number of hydrogen-bond acceptors (Lipinski definition) is 4. The largest absolute Gasteiger partial charge is 0.493 e. The average Bonchev–Trinajstić information content (AvgIpc) is 2.75. The molecule has 1 saturated heterocycles. The molecular formula is C12H13BrO4. The summed E-state index contributed by atoms with van der Waals surface area (Å²) in [5, 5.41) is 0. The number of benzene rings is 1. The summed E-state index contributed by atoms with van der Waals surface area (Å²) in [6, 6.07) is 3.66. The van der Waals surface area contributed by atoms with Gasteiger partial charge in [0, 0.05) is 16.5 Å². The normalized spacial score (nSPS) is 19.0. The molecule has 1 unspecified atom stereocenters. The zero-order chi connectivity index (χ0) is 12.4. The van der Waals surface area contributed by atoms with Crippen molar-refractivity contribution in [3.8, 4) is 11.5 Å². The molecule has 1 atom stereocenters. The van der Waals surface area contributed by atoms with Crippen LogP contribution in [-0.2, 0) is 9.53 Å². The summed E-state index contributed by atoms with van der Waals surface area (Å²) in [5.74, 6) is 1.12. The number of hydrogen-bond donors (Lipinski definition) is 0. The maximum absolute atomic E-state index is 11.1. The molecule has 1 aromatic rings. The zero-order valence-electron chi connectivity index (χ0n) is 9.66. The van der Waals surface area contributed by atoms with Crippen LogP contribution < -0.4 is 9.47 Å². The van der Waals surface area contributed by atoms with E-state index >= 15 is 0 Å². The van der Waals surface area contributed by atoms with Gasteiger partial charge >= 0.3 is 5.97 Å². The zero-order valence-corrected chi connectivity index (χ0v) is 11.2. The second kappa shape index (κ2) is 4.96. The number of carbonyl (C=O) groups is 1. The highest BCUT2D eigenvalue weighted by Crippen LogP contribution is 2.40. The molecule has 1 heterocycles. The summed E-state index contributed by atoms with van der Waals surface area (Å²) < 4.78 is 16.5. The van der Waals surface area contributed by atoms with Crippen molar-refractivity contribution in [1.29, 1.82) is 0 Å². The van der Waals surface area contributed by atoms with Crippen molar-refractivity contribution in [2.45, 2.75) is 18.9 Å². The molecule has 0 radical (unpaired) electrons. The lowest BCUT2D eigenvalue weighted by atomic mass is 10.1. The number of ether oxygens (including phenoxy) is 3. The first-order valence-corrected chi connectivity index (χ1v) is 6.06. The highest BCUT2D eigenvalue weighted by atomic mass is 79.9. The lowest BCUT2D eigenvalue weighted by Gasteiger charge is -2.15. The number of cyclic esters (lactones) is 1. The fourth-order valence-corrected chi connectivity index (χ4v) is 2.44. The van der Waals surface area contributed by atoms with Crippen LogP contribution in [0.15, 0.2) is 16.6 Å². The molecule has 1 aromatic carbocycles. The van der Waals surface area contributed by atoms with Crippen LogP contribution in [0.25, 0.3) is 0 Å². The van der Waals surface area contributed by atoms with Gasteiger partial charge in [-0.2, -0.15) is 0 Å². The third-order valence-corrected chi connectivity index (χ3v) is 3.42. The van der Waals surface area contributed by atoms with Crippen molar-refractivity contribution in [3.05, 3.63) is 22.2 Å². The number of carbonyl (C=O) groups excluding carboxylic acids is 1. The Morgan fingerprint density at radius 3 is 2.47 bits per heavy atom. The molecule has 0 amide bonds. The van der Waals surface area contributed by atoms with Gasteiger partial charge in [0.2, 0.25) is 0 Å². The summed E-state index contributed by atoms with van der Waals surface area (Å²) in [6.45, 7) is 0. The SMILES string of the molecule is COc1cc(Br)c(C2CCC(=O)O2)cc1OC. The molecule has 17 heavy (non-hydrogen) atoms. The Morgan fingerprint density at radius 1 is 1.29 bits per heavy atom. The van der Waals surface area contributed by atoms with E-state index in [1.54, 1.807) is 14.2 Å². The minimum absolute atomic E-state index is 0.156. The quantitative estimate of drug-likeness (QED) is 0.805. The van der Waals surface area contributed by atoms with Gasteiger partial charge in [-0.05, 0) is 18.6 Å². The van der Waals surface area contributed by atoms with Crippen molar-refractivity contribution in [3.63, 3.8) is 0 Å². The van der Waals surface area contributed by atoms with Gasteiger partial charge < -0.3 is 14.2 Å². The van der Waals surface area contributed by atoms with Crippen molar-refractivity contribution >= 4 is 21.9 Å². The lowest BCUT2D eigenvalue weighted by Crippen LogP contribution is -2.01. The van der Waals surface area contributed by atoms with E-state index in [0.29, 0.717) is 24.3 Å². The van der Waals surface area contributed by atoms with Crippen LogP contribution in [0.3, 0.4) is 0 Å². The summed E-state index contributed by atoms with van der Waals surface area (Å²) in [4.78, 5) is 11.1. The van der Waals surface area contributed by atoms with Crippen molar-refractivity contribution in [2.75, 3.05) is 14.2 Å². The van der Waals surface area contributed by atoms with E-state index in [4.69, 9.17) is 14.2 Å². The molecule has 2 rings (SSSR count). The van der Waals surface area contributed by atoms with Crippen LogP contribution >= 0.6 is 15.9 Å². The minimum atomic E-state index is -0.198. The molecule has 1 aliphatic heterocycles. The smallest absolute Gasteiger partial charge is 0.306 e. The Hall–Kier alpha value is -1.23. The molecule has 0 aromatic heterocycles. The van der Waals surface area contributed by atoms with Crippen LogP contribution in [0.5, 0.6) is 11.5 Å². The first-order valence-electron chi connectivity index (χ1n) is 5.26. The lowest BCUT2D eigenvalue weighted by molar-refractivity contribution is -0.141. The molecular weight excluding hydrogens is 288 g/mol. The van der Waals surface area contributed by atoms with E-state index in [2.05, 4.69) is 15.9 Å². The Balaban J connectivity index is 2.37. The molecule has 4 nitrogen and oxygen atoms in total. The first kappa shape index (κ1) is 12.2. The number of rotatable bonds is 3. The van der Waals surface area contributed by atoms with Gasteiger partial charge in [0.25, 0.3) is 0 Å². The highest BCUT2D eigenvalue weighted by Gasteiger charge is 2.27. The molecule has 0 saturated carbocycles. The van der Waals surface area contributed by atoms with Crippen LogP contribution in [0, 0.1) is 0 Å². The third-order valence-electron chi connectivity index (χ3n) is 2.73. The van der Waals surface area contributed by atoms with E-state index in [0.717, 1.165) is 10.0 Å². The summed E-state index contributed by atoms with van der Waals surface area (Å²) >= 11 is 3.45. The predicted molar refractivity (Wildman–Crippen MR) is 65.3 cm³/mol. The number of methoxy groups -OCH3 is 2. The van der Waals surface area contributed by atoms with Gasteiger partial charge in [-0.1, -0.05) is 15.9 Å². The molecule has 0 bridgehead atoms. The van der Waals surface area contributed by atoms with E-state index in [9.17, 15) is 4.79 Å². The van der Waals surface area contributed by atoms with E-state index in [1.165, 1.54) is 0 Å². The van der Waals surface area contributed by atoms with Crippen LogP contribution in [-0.4, -0.2) is 20.2 Å². The van der Waals surface area contributed by atoms with Gasteiger partial charge in [-0.25, -0.2) is 0 Å². The van der Waals surface area contributed by atoms with Crippen LogP contribution in [0.4, 0.5) is 0 Å². The molecule has 1 aliphatic rings. The topological polar surface area (TPSA) is 44.8 Å². The van der Waals surface area contributed by atoms with Gasteiger partial charge in [-0.15, -0.1) is 0 Å². The Morgan fingerprint density at radius 2 is 1.94 bits per heavy atom. The molecule has 5 heteroatoms. The van der Waals surface area contributed by atoms with Crippen molar-refractivity contribution < 1.29 is 19.0 Å². The van der Waals surface area contributed by atoms with E-state index < -0.39 is 0 Å². The minimum Gasteiger partial charge on any atom is -0.493 e. The maximum Gasteiger partial charge on any atom is 0.306 e. The van der Waals surface area contributed by atoms with Gasteiger partial charge in [-0.3, -0.25) is 4.79 Å².